The van der Waals surface area contributed by atoms with Crippen molar-refractivity contribution < 1.29 is 13.9 Å². The largest absolute Gasteiger partial charge is 0.493 e. The van der Waals surface area contributed by atoms with Gasteiger partial charge in [-0.05, 0) is 44.2 Å². The quantitative estimate of drug-likeness (QED) is 0.731. The Morgan fingerprint density at radius 3 is 3.06 bits per heavy atom. The topological polar surface area (TPSA) is 18.5 Å². The Morgan fingerprint density at radius 2 is 2.35 bits per heavy atom. The van der Waals surface area contributed by atoms with E-state index in [4.69, 9.17) is 9.47 Å². The van der Waals surface area contributed by atoms with Crippen LogP contribution in [0.1, 0.15) is 31.2 Å². The minimum Gasteiger partial charge on any atom is -0.493 e. The molecule has 2 rings (SSSR count). The van der Waals surface area contributed by atoms with Gasteiger partial charge in [0.1, 0.15) is 11.6 Å². The zero-order valence-corrected chi connectivity index (χ0v) is 10.2. The number of hydrogen-bond donors (Lipinski definition) is 0. The van der Waals surface area contributed by atoms with Gasteiger partial charge in [-0.25, -0.2) is 4.39 Å². The van der Waals surface area contributed by atoms with Crippen molar-refractivity contribution >= 4 is 0 Å². The van der Waals surface area contributed by atoms with Crippen molar-refractivity contribution in [1.82, 2.24) is 0 Å². The molecular weight excluding hydrogens is 219 g/mol. The van der Waals surface area contributed by atoms with Gasteiger partial charge < -0.3 is 9.47 Å². The zero-order valence-electron chi connectivity index (χ0n) is 10.2. The molecule has 0 aliphatic carbocycles. The third kappa shape index (κ3) is 3.70. The monoisotopic (exact) mass is 238 g/mol. The maximum Gasteiger partial charge on any atom is 0.129 e. The molecule has 0 bridgehead atoms. The first-order valence-electron chi connectivity index (χ1n) is 6.26. The summed E-state index contributed by atoms with van der Waals surface area (Å²) < 4.78 is 24.3. The van der Waals surface area contributed by atoms with Crippen LogP contribution < -0.4 is 4.74 Å². The van der Waals surface area contributed by atoms with E-state index in [1.807, 2.05) is 6.07 Å². The SMILES string of the molecule is Cc1ccc(OCCCC2CCCO2)cc1F. The fourth-order valence-electron chi connectivity index (χ4n) is 2.04. The number of hydrogen-bond acceptors (Lipinski definition) is 2. The van der Waals surface area contributed by atoms with Gasteiger partial charge >= 0.3 is 0 Å². The zero-order chi connectivity index (χ0) is 12.1. The van der Waals surface area contributed by atoms with Crippen LogP contribution in [0.3, 0.4) is 0 Å². The van der Waals surface area contributed by atoms with E-state index in [0.29, 0.717) is 24.0 Å². The van der Waals surface area contributed by atoms with Gasteiger partial charge in [0.2, 0.25) is 0 Å². The molecule has 0 N–H and O–H groups in total. The summed E-state index contributed by atoms with van der Waals surface area (Å²) >= 11 is 0. The highest BCUT2D eigenvalue weighted by Gasteiger charge is 2.14. The Balaban J connectivity index is 1.68. The van der Waals surface area contributed by atoms with Crippen LogP contribution in [0.25, 0.3) is 0 Å². The molecule has 1 aromatic rings. The first kappa shape index (κ1) is 12.4. The predicted octanol–water partition coefficient (Wildman–Crippen LogP) is 3.47. The first-order chi connectivity index (χ1) is 8.25. The van der Waals surface area contributed by atoms with Crippen molar-refractivity contribution in [2.24, 2.45) is 0 Å². The molecule has 0 aromatic heterocycles. The van der Waals surface area contributed by atoms with Crippen LogP contribution in [0.15, 0.2) is 18.2 Å². The summed E-state index contributed by atoms with van der Waals surface area (Å²) in [5.74, 6) is 0.405. The molecule has 1 aliphatic rings. The standard InChI is InChI=1S/C14H19FO2/c1-11-6-7-13(10-14(11)15)17-9-3-5-12-4-2-8-16-12/h6-7,10,12H,2-5,8-9H2,1H3. The van der Waals surface area contributed by atoms with Crippen LogP contribution >= 0.6 is 0 Å². The molecule has 1 atom stereocenters. The number of halogens is 1. The van der Waals surface area contributed by atoms with Gasteiger partial charge in [-0.1, -0.05) is 6.07 Å². The van der Waals surface area contributed by atoms with Gasteiger partial charge in [0, 0.05) is 12.7 Å². The molecule has 1 saturated heterocycles. The maximum absolute atomic E-state index is 13.2. The lowest BCUT2D eigenvalue weighted by Gasteiger charge is -2.10. The first-order valence-corrected chi connectivity index (χ1v) is 6.26. The second kappa shape index (κ2) is 6.01. The average molecular weight is 238 g/mol. The Kier molecular flexibility index (Phi) is 4.37. The lowest BCUT2D eigenvalue weighted by Crippen LogP contribution is -2.07. The second-order valence-corrected chi connectivity index (χ2v) is 4.54. The molecule has 1 aliphatic heterocycles. The van der Waals surface area contributed by atoms with Gasteiger partial charge in [-0.3, -0.25) is 0 Å². The summed E-state index contributed by atoms with van der Waals surface area (Å²) in [5, 5.41) is 0. The second-order valence-electron chi connectivity index (χ2n) is 4.54. The van der Waals surface area contributed by atoms with Crippen molar-refractivity contribution in [2.75, 3.05) is 13.2 Å². The molecule has 3 heteroatoms. The molecule has 2 nitrogen and oxygen atoms in total. The molecule has 0 amide bonds. The summed E-state index contributed by atoms with van der Waals surface area (Å²) in [6.45, 7) is 3.27. The molecule has 1 unspecified atom stereocenters. The predicted molar refractivity (Wildman–Crippen MR) is 64.8 cm³/mol. The minimum absolute atomic E-state index is 0.207. The van der Waals surface area contributed by atoms with Crippen LogP contribution in [0.2, 0.25) is 0 Å². The normalized spacial score (nSPS) is 19.5. The van der Waals surface area contributed by atoms with Crippen molar-refractivity contribution in [2.45, 2.75) is 38.7 Å². The van der Waals surface area contributed by atoms with Crippen LogP contribution in [-0.2, 0) is 4.74 Å². The van der Waals surface area contributed by atoms with E-state index < -0.39 is 0 Å². The van der Waals surface area contributed by atoms with Crippen LogP contribution in [0, 0.1) is 12.7 Å². The lowest BCUT2D eigenvalue weighted by atomic mass is 10.1. The van der Waals surface area contributed by atoms with Gasteiger partial charge in [-0.15, -0.1) is 0 Å². The molecule has 1 heterocycles. The van der Waals surface area contributed by atoms with Crippen molar-refractivity contribution in [3.63, 3.8) is 0 Å². The Morgan fingerprint density at radius 1 is 1.47 bits per heavy atom. The highest BCUT2D eigenvalue weighted by molar-refractivity contribution is 5.27. The van der Waals surface area contributed by atoms with Gasteiger partial charge in [0.05, 0.1) is 12.7 Å². The van der Waals surface area contributed by atoms with E-state index in [2.05, 4.69) is 0 Å². The summed E-state index contributed by atoms with van der Waals surface area (Å²) in [7, 11) is 0. The molecule has 17 heavy (non-hydrogen) atoms. The summed E-state index contributed by atoms with van der Waals surface area (Å²) in [6, 6.07) is 5.00. The van der Waals surface area contributed by atoms with Crippen LogP contribution in [-0.4, -0.2) is 19.3 Å². The van der Waals surface area contributed by atoms with E-state index in [-0.39, 0.29) is 5.82 Å². The Labute approximate surface area is 102 Å². The number of ether oxygens (including phenoxy) is 2. The van der Waals surface area contributed by atoms with Crippen molar-refractivity contribution in [3.05, 3.63) is 29.6 Å². The molecule has 0 spiro atoms. The van der Waals surface area contributed by atoms with Gasteiger partial charge in [0.25, 0.3) is 0 Å². The highest BCUT2D eigenvalue weighted by Crippen LogP contribution is 2.18. The van der Waals surface area contributed by atoms with Crippen LogP contribution in [0.4, 0.5) is 4.39 Å². The summed E-state index contributed by atoms with van der Waals surface area (Å²) in [5.41, 5.74) is 0.650. The number of benzene rings is 1. The third-order valence-electron chi connectivity index (χ3n) is 3.11. The molecule has 0 radical (unpaired) electrons. The summed E-state index contributed by atoms with van der Waals surface area (Å²) in [6.07, 6.45) is 4.75. The fraction of sp³-hybridized carbons (Fsp3) is 0.571. The van der Waals surface area contributed by atoms with Crippen molar-refractivity contribution in [1.29, 1.82) is 0 Å². The minimum atomic E-state index is -0.207. The molecule has 94 valence electrons. The number of aryl methyl sites for hydroxylation is 1. The van der Waals surface area contributed by atoms with Gasteiger partial charge in [-0.2, -0.15) is 0 Å². The molecule has 0 saturated carbocycles. The summed E-state index contributed by atoms with van der Waals surface area (Å²) in [4.78, 5) is 0. The Hall–Kier alpha value is -1.09. The van der Waals surface area contributed by atoms with Crippen molar-refractivity contribution in [3.8, 4) is 5.75 Å². The van der Waals surface area contributed by atoms with E-state index in [1.54, 1.807) is 13.0 Å². The maximum atomic E-state index is 13.2. The smallest absolute Gasteiger partial charge is 0.129 e. The third-order valence-corrected chi connectivity index (χ3v) is 3.11. The van der Waals surface area contributed by atoms with Gasteiger partial charge in [0.15, 0.2) is 0 Å². The highest BCUT2D eigenvalue weighted by atomic mass is 19.1. The number of rotatable bonds is 5. The lowest BCUT2D eigenvalue weighted by molar-refractivity contribution is 0.0981. The molecular formula is C14H19FO2. The Bertz CT molecular complexity index is 359. The van der Waals surface area contributed by atoms with Crippen LogP contribution in [0.5, 0.6) is 5.75 Å². The van der Waals surface area contributed by atoms with E-state index >= 15 is 0 Å². The van der Waals surface area contributed by atoms with E-state index in [0.717, 1.165) is 19.4 Å². The van der Waals surface area contributed by atoms with E-state index in [1.165, 1.54) is 18.9 Å². The molecule has 1 aromatic carbocycles. The van der Waals surface area contributed by atoms with E-state index in [9.17, 15) is 4.39 Å². The molecule has 1 fully saturated rings. The average Bonchev–Trinajstić information content (AvgIpc) is 2.82. The fourth-order valence-corrected chi connectivity index (χ4v) is 2.04.